The standard InChI is InChI=1S/C35H44N2O6S/c1-35(2,3)43-34(40)37(24-32(38)28-14-6-5-7-15-28)22-10-11-25-16-18-26(19-17-25)29-20-21-30(33(39)36-44(4,41)42)31(23-29)27-12-8-9-13-27/h5-7,14-21,23,27,32,38H,8-13,22,24H2,1-4H3,(H,36,39)/t32-/m0/s1. The third kappa shape index (κ3) is 9.66. The second kappa shape index (κ2) is 14.4. The molecule has 3 aromatic rings. The highest BCUT2D eigenvalue weighted by atomic mass is 32.2. The number of sulfonamides is 1. The first-order chi connectivity index (χ1) is 20.8. The van der Waals surface area contributed by atoms with Gasteiger partial charge in [0, 0.05) is 12.1 Å². The minimum Gasteiger partial charge on any atom is -0.444 e. The topological polar surface area (TPSA) is 113 Å². The first kappa shape index (κ1) is 33.2. The highest BCUT2D eigenvalue weighted by Crippen LogP contribution is 2.38. The molecule has 1 aliphatic carbocycles. The van der Waals surface area contributed by atoms with Gasteiger partial charge in [0.2, 0.25) is 10.0 Å². The number of carbonyl (C=O) groups excluding carboxylic acids is 2. The molecule has 0 unspecified atom stereocenters. The van der Waals surface area contributed by atoms with Gasteiger partial charge in [-0.3, -0.25) is 4.79 Å². The zero-order valence-electron chi connectivity index (χ0n) is 26.1. The second-order valence-electron chi connectivity index (χ2n) is 12.6. The Morgan fingerprint density at radius 3 is 2.23 bits per heavy atom. The molecule has 2 amide bonds. The van der Waals surface area contributed by atoms with E-state index < -0.39 is 33.7 Å². The van der Waals surface area contributed by atoms with E-state index in [-0.39, 0.29) is 12.5 Å². The third-order valence-corrected chi connectivity index (χ3v) is 8.34. The molecule has 1 saturated carbocycles. The monoisotopic (exact) mass is 620 g/mol. The van der Waals surface area contributed by atoms with Crippen LogP contribution in [0.1, 0.15) is 91.9 Å². The van der Waals surface area contributed by atoms with Gasteiger partial charge in [0.15, 0.2) is 0 Å². The van der Waals surface area contributed by atoms with Gasteiger partial charge in [-0.1, -0.05) is 79.6 Å². The summed E-state index contributed by atoms with van der Waals surface area (Å²) in [7, 11) is -3.66. The Morgan fingerprint density at radius 1 is 0.977 bits per heavy atom. The molecular formula is C35H44N2O6S. The summed E-state index contributed by atoms with van der Waals surface area (Å²) >= 11 is 0. The average Bonchev–Trinajstić information content (AvgIpc) is 3.50. The zero-order chi connectivity index (χ0) is 31.9. The number of hydrogen-bond donors (Lipinski definition) is 2. The van der Waals surface area contributed by atoms with Gasteiger partial charge in [-0.15, -0.1) is 0 Å². The molecule has 0 heterocycles. The van der Waals surface area contributed by atoms with Gasteiger partial charge in [-0.2, -0.15) is 0 Å². The Balaban J connectivity index is 1.44. The number of nitrogens with one attached hydrogen (secondary N) is 1. The van der Waals surface area contributed by atoms with E-state index in [2.05, 4.69) is 16.9 Å². The lowest BCUT2D eigenvalue weighted by Gasteiger charge is -2.29. The molecule has 0 aliphatic heterocycles. The molecule has 0 bridgehead atoms. The lowest BCUT2D eigenvalue weighted by Crippen LogP contribution is -2.40. The van der Waals surface area contributed by atoms with Crippen molar-refractivity contribution in [1.29, 1.82) is 0 Å². The molecule has 0 spiro atoms. The number of benzene rings is 3. The van der Waals surface area contributed by atoms with Crippen molar-refractivity contribution in [3.8, 4) is 11.1 Å². The summed E-state index contributed by atoms with van der Waals surface area (Å²) in [6, 6.07) is 23.1. The van der Waals surface area contributed by atoms with Crippen LogP contribution in [-0.2, 0) is 21.2 Å². The third-order valence-electron chi connectivity index (χ3n) is 7.78. The summed E-state index contributed by atoms with van der Waals surface area (Å²) < 4.78 is 31.1. The van der Waals surface area contributed by atoms with Crippen molar-refractivity contribution in [1.82, 2.24) is 9.62 Å². The number of carbonyl (C=O) groups is 2. The number of ether oxygens (including phenoxy) is 1. The van der Waals surface area contributed by atoms with Gasteiger partial charge < -0.3 is 14.7 Å². The Morgan fingerprint density at radius 2 is 1.61 bits per heavy atom. The van der Waals surface area contributed by atoms with Crippen molar-refractivity contribution >= 4 is 22.0 Å². The van der Waals surface area contributed by atoms with Crippen LogP contribution in [0.3, 0.4) is 0 Å². The smallest absolute Gasteiger partial charge is 0.410 e. The van der Waals surface area contributed by atoms with Crippen molar-refractivity contribution in [2.45, 2.75) is 76.9 Å². The highest BCUT2D eigenvalue weighted by molar-refractivity contribution is 7.89. The Hall–Kier alpha value is -3.69. The lowest BCUT2D eigenvalue weighted by atomic mass is 9.89. The van der Waals surface area contributed by atoms with Gasteiger partial charge in [0.1, 0.15) is 5.60 Å². The van der Waals surface area contributed by atoms with Gasteiger partial charge in [0.05, 0.1) is 18.9 Å². The molecule has 236 valence electrons. The van der Waals surface area contributed by atoms with Crippen molar-refractivity contribution in [2.75, 3.05) is 19.3 Å². The number of rotatable bonds is 11. The molecule has 3 aromatic carbocycles. The van der Waals surface area contributed by atoms with Crippen LogP contribution in [0.4, 0.5) is 4.79 Å². The maximum atomic E-state index is 13.0. The fourth-order valence-corrected chi connectivity index (χ4v) is 6.10. The van der Waals surface area contributed by atoms with Crippen LogP contribution < -0.4 is 4.72 Å². The van der Waals surface area contributed by atoms with Crippen LogP contribution >= 0.6 is 0 Å². The number of amides is 2. The van der Waals surface area contributed by atoms with Crippen LogP contribution in [-0.4, -0.2) is 55.4 Å². The van der Waals surface area contributed by atoms with Crippen molar-refractivity contribution in [3.05, 3.63) is 95.1 Å². The number of hydrogen-bond acceptors (Lipinski definition) is 6. The fraction of sp³-hybridized carbons (Fsp3) is 0.429. The van der Waals surface area contributed by atoms with E-state index in [4.69, 9.17) is 4.74 Å². The van der Waals surface area contributed by atoms with Gasteiger partial charge >= 0.3 is 6.09 Å². The predicted octanol–water partition coefficient (Wildman–Crippen LogP) is 6.60. The molecule has 9 heteroatoms. The zero-order valence-corrected chi connectivity index (χ0v) is 26.9. The van der Waals surface area contributed by atoms with E-state index in [1.165, 1.54) is 0 Å². The van der Waals surface area contributed by atoms with Crippen molar-refractivity contribution in [3.63, 3.8) is 0 Å². The van der Waals surface area contributed by atoms with Crippen molar-refractivity contribution < 1.29 is 27.9 Å². The van der Waals surface area contributed by atoms with Crippen LogP contribution in [0, 0.1) is 0 Å². The highest BCUT2D eigenvalue weighted by Gasteiger charge is 2.26. The normalized spacial score (nSPS) is 14.7. The summed E-state index contributed by atoms with van der Waals surface area (Å²) in [5.74, 6) is -0.365. The van der Waals surface area contributed by atoms with E-state index in [1.807, 2.05) is 75.4 Å². The van der Waals surface area contributed by atoms with Crippen LogP contribution in [0.2, 0.25) is 0 Å². The lowest BCUT2D eigenvalue weighted by molar-refractivity contribution is 0.0142. The summed E-state index contributed by atoms with van der Waals surface area (Å²) in [5.41, 5.74) is 4.50. The summed E-state index contributed by atoms with van der Waals surface area (Å²) in [6.07, 6.45) is 5.28. The minimum absolute atomic E-state index is 0.138. The first-order valence-corrected chi connectivity index (χ1v) is 17.1. The van der Waals surface area contributed by atoms with Crippen LogP contribution in [0.15, 0.2) is 72.8 Å². The predicted molar refractivity (Wildman–Crippen MR) is 173 cm³/mol. The Labute approximate surface area is 261 Å². The second-order valence-corrected chi connectivity index (χ2v) is 14.4. The van der Waals surface area contributed by atoms with E-state index in [0.717, 1.165) is 66.2 Å². The fourth-order valence-electron chi connectivity index (χ4n) is 5.66. The number of aryl methyl sites for hydroxylation is 1. The van der Waals surface area contributed by atoms with E-state index >= 15 is 0 Å². The molecule has 0 aromatic heterocycles. The molecule has 8 nitrogen and oxygen atoms in total. The van der Waals surface area contributed by atoms with Gasteiger partial charge in [-0.05, 0) is 86.3 Å². The summed E-state index contributed by atoms with van der Waals surface area (Å²) in [6.45, 7) is 6.05. The van der Waals surface area contributed by atoms with Crippen LogP contribution in [0.5, 0.6) is 0 Å². The maximum absolute atomic E-state index is 13.0. The molecule has 0 radical (unpaired) electrons. The van der Waals surface area contributed by atoms with Crippen LogP contribution in [0.25, 0.3) is 11.1 Å². The first-order valence-electron chi connectivity index (χ1n) is 15.3. The largest absolute Gasteiger partial charge is 0.444 e. The van der Waals surface area contributed by atoms with Gasteiger partial charge in [0.25, 0.3) is 5.91 Å². The molecular weight excluding hydrogens is 576 g/mol. The minimum atomic E-state index is -3.66. The van der Waals surface area contributed by atoms with E-state index in [0.29, 0.717) is 18.5 Å². The molecule has 1 aliphatic rings. The van der Waals surface area contributed by atoms with Crippen molar-refractivity contribution in [2.24, 2.45) is 0 Å². The number of nitrogens with zero attached hydrogens (tertiary/aromatic N) is 1. The molecule has 1 fully saturated rings. The molecule has 1 atom stereocenters. The Kier molecular flexibility index (Phi) is 10.9. The number of aliphatic hydroxyl groups excluding tert-OH is 1. The average molecular weight is 621 g/mol. The SMILES string of the molecule is CC(C)(C)OC(=O)N(CCCc1ccc(-c2ccc(C(=O)NS(C)(=O)=O)c(C3CCCC3)c2)cc1)C[C@H](O)c1ccccc1. The van der Waals surface area contributed by atoms with E-state index in [9.17, 15) is 23.1 Å². The molecule has 0 saturated heterocycles. The van der Waals surface area contributed by atoms with Gasteiger partial charge in [-0.25, -0.2) is 17.9 Å². The molecule has 44 heavy (non-hydrogen) atoms. The molecule has 4 rings (SSSR count). The summed E-state index contributed by atoms with van der Waals surface area (Å²) in [4.78, 5) is 27.3. The quantitative estimate of drug-likeness (QED) is 0.250. The summed E-state index contributed by atoms with van der Waals surface area (Å²) in [5, 5.41) is 10.8. The number of aliphatic hydroxyl groups is 1. The molecule has 2 N–H and O–H groups in total. The Bertz CT molecular complexity index is 1530. The van der Waals surface area contributed by atoms with E-state index in [1.54, 1.807) is 11.0 Å². The maximum Gasteiger partial charge on any atom is 0.410 e.